The van der Waals surface area contributed by atoms with Gasteiger partial charge in [0, 0.05) is 6.54 Å². The molecule has 1 aromatic heterocycles. The van der Waals surface area contributed by atoms with E-state index in [1.165, 1.54) is 41.0 Å². The Bertz CT molecular complexity index is 1140. The smallest absolute Gasteiger partial charge is 0.261 e. The molecule has 4 nitrogen and oxygen atoms in total. The number of carbonyl (C=O) groups is 2. The van der Waals surface area contributed by atoms with Gasteiger partial charge in [0.2, 0.25) is 0 Å². The fourth-order valence-corrected chi connectivity index (χ4v) is 4.86. The number of anilines is 1. The van der Waals surface area contributed by atoms with E-state index >= 15 is 0 Å². The Morgan fingerprint density at radius 1 is 1.07 bits per heavy atom. The topological polar surface area (TPSA) is 58.2 Å². The maximum atomic E-state index is 13.2. The predicted octanol–water partition coefficient (Wildman–Crippen LogP) is 5.52. The number of fused-ring (bicyclic) bond motifs is 1. The van der Waals surface area contributed by atoms with E-state index in [2.05, 4.69) is 28.8 Å². The van der Waals surface area contributed by atoms with Crippen molar-refractivity contribution < 1.29 is 14.0 Å². The van der Waals surface area contributed by atoms with Crippen molar-refractivity contribution in [1.29, 1.82) is 0 Å². The minimum Gasteiger partial charge on any atom is -0.347 e. The van der Waals surface area contributed by atoms with E-state index in [0.29, 0.717) is 16.4 Å². The lowest BCUT2D eigenvalue weighted by Gasteiger charge is -2.07. The van der Waals surface area contributed by atoms with Gasteiger partial charge in [0.15, 0.2) is 0 Å². The SMILES string of the molecule is Cc1cc(NC(=O)c2ccc(F)cc2Cl)sc1C(=O)NCc1ccc2c(c1)CCC2. The Balaban J connectivity index is 1.41. The molecule has 0 atom stereocenters. The Labute approximate surface area is 183 Å². The second-order valence-electron chi connectivity index (χ2n) is 7.34. The van der Waals surface area contributed by atoms with E-state index in [1.54, 1.807) is 6.07 Å². The Kier molecular flexibility index (Phi) is 5.88. The largest absolute Gasteiger partial charge is 0.347 e. The second kappa shape index (κ2) is 8.58. The summed E-state index contributed by atoms with van der Waals surface area (Å²) in [5.41, 5.74) is 4.80. The number of halogens is 2. The van der Waals surface area contributed by atoms with Crippen molar-refractivity contribution in [3.63, 3.8) is 0 Å². The van der Waals surface area contributed by atoms with Crippen molar-refractivity contribution in [2.45, 2.75) is 32.7 Å². The molecule has 7 heteroatoms. The lowest BCUT2D eigenvalue weighted by Crippen LogP contribution is -2.22. The molecule has 1 heterocycles. The molecule has 3 aromatic rings. The van der Waals surface area contributed by atoms with Gasteiger partial charge in [-0.25, -0.2) is 4.39 Å². The van der Waals surface area contributed by atoms with Gasteiger partial charge in [0.25, 0.3) is 11.8 Å². The van der Waals surface area contributed by atoms with Crippen LogP contribution in [0.5, 0.6) is 0 Å². The average Bonchev–Trinajstić information content (AvgIpc) is 3.31. The Hall–Kier alpha value is -2.70. The molecule has 154 valence electrons. The molecule has 0 fully saturated rings. The number of amides is 2. The summed E-state index contributed by atoms with van der Waals surface area (Å²) in [6.45, 7) is 2.28. The number of carbonyl (C=O) groups excluding carboxylic acids is 2. The fraction of sp³-hybridized carbons (Fsp3) is 0.217. The lowest BCUT2D eigenvalue weighted by molar-refractivity contribution is 0.0953. The number of benzene rings is 2. The summed E-state index contributed by atoms with van der Waals surface area (Å²) < 4.78 is 13.2. The highest BCUT2D eigenvalue weighted by molar-refractivity contribution is 7.18. The van der Waals surface area contributed by atoms with E-state index in [9.17, 15) is 14.0 Å². The van der Waals surface area contributed by atoms with Gasteiger partial charge >= 0.3 is 0 Å². The predicted molar refractivity (Wildman–Crippen MR) is 118 cm³/mol. The summed E-state index contributed by atoms with van der Waals surface area (Å²) in [5, 5.41) is 6.25. The monoisotopic (exact) mass is 442 g/mol. The molecule has 0 radical (unpaired) electrons. The zero-order chi connectivity index (χ0) is 21.3. The third kappa shape index (κ3) is 4.40. The van der Waals surface area contributed by atoms with Crippen LogP contribution in [-0.2, 0) is 19.4 Å². The van der Waals surface area contributed by atoms with Crippen LogP contribution in [-0.4, -0.2) is 11.8 Å². The lowest BCUT2D eigenvalue weighted by atomic mass is 10.1. The van der Waals surface area contributed by atoms with Gasteiger partial charge in [-0.15, -0.1) is 11.3 Å². The van der Waals surface area contributed by atoms with Crippen LogP contribution in [0.15, 0.2) is 42.5 Å². The van der Waals surface area contributed by atoms with Crippen LogP contribution in [0.1, 0.15) is 48.7 Å². The first kappa shape index (κ1) is 20.6. The van der Waals surface area contributed by atoms with Crippen LogP contribution >= 0.6 is 22.9 Å². The molecular formula is C23H20ClFN2O2S. The Morgan fingerprint density at radius 2 is 1.87 bits per heavy atom. The van der Waals surface area contributed by atoms with Gasteiger partial charge in [-0.05, 0) is 72.7 Å². The van der Waals surface area contributed by atoms with Crippen LogP contribution in [0.2, 0.25) is 5.02 Å². The fourth-order valence-electron chi connectivity index (χ4n) is 3.62. The molecule has 0 bridgehead atoms. The highest BCUT2D eigenvalue weighted by Crippen LogP contribution is 2.28. The van der Waals surface area contributed by atoms with E-state index < -0.39 is 11.7 Å². The third-order valence-corrected chi connectivity index (χ3v) is 6.62. The molecule has 2 aromatic carbocycles. The summed E-state index contributed by atoms with van der Waals surface area (Å²) in [7, 11) is 0. The zero-order valence-corrected chi connectivity index (χ0v) is 17.9. The quantitative estimate of drug-likeness (QED) is 0.546. The van der Waals surface area contributed by atoms with Crippen molar-refractivity contribution in [3.8, 4) is 0 Å². The normalized spacial score (nSPS) is 12.5. The van der Waals surface area contributed by atoms with E-state index in [1.807, 2.05) is 6.92 Å². The maximum absolute atomic E-state index is 13.2. The van der Waals surface area contributed by atoms with Crippen LogP contribution in [0.3, 0.4) is 0 Å². The minimum atomic E-state index is -0.508. The first-order chi connectivity index (χ1) is 14.4. The molecule has 0 saturated heterocycles. The van der Waals surface area contributed by atoms with Crippen LogP contribution < -0.4 is 10.6 Å². The molecule has 1 aliphatic rings. The van der Waals surface area contributed by atoms with Crippen molar-refractivity contribution in [1.82, 2.24) is 5.32 Å². The standard InChI is InChI=1S/C23H20ClFN2O2S/c1-13-9-20(27-22(28)18-8-7-17(25)11-19(18)24)30-21(13)23(29)26-12-14-5-6-15-3-2-4-16(15)10-14/h5-11H,2-4,12H2,1H3,(H,26,29)(H,27,28). The summed E-state index contributed by atoms with van der Waals surface area (Å²) in [6.07, 6.45) is 3.42. The van der Waals surface area contributed by atoms with Crippen molar-refractivity contribution in [2.75, 3.05) is 5.32 Å². The highest BCUT2D eigenvalue weighted by atomic mass is 35.5. The van der Waals surface area contributed by atoms with E-state index in [4.69, 9.17) is 11.6 Å². The average molecular weight is 443 g/mol. The van der Waals surface area contributed by atoms with Gasteiger partial charge in [-0.3, -0.25) is 9.59 Å². The first-order valence-corrected chi connectivity index (χ1v) is 10.9. The summed E-state index contributed by atoms with van der Waals surface area (Å²) in [5.74, 6) is -1.14. The summed E-state index contributed by atoms with van der Waals surface area (Å²) in [4.78, 5) is 25.6. The number of hydrogen-bond donors (Lipinski definition) is 2. The van der Waals surface area contributed by atoms with Crippen molar-refractivity contribution >= 4 is 39.8 Å². The van der Waals surface area contributed by atoms with Gasteiger partial charge in [0.05, 0.1) is 20.5 Å². The van der Waals surface area contributed by atoms with Gasteiger partial charge in [0.1, 0.15) is 5.82 Å². The van der Waals surface area contributed by atoms with Crippen molar-refractivity contribution in [3.05, 3.63) is 86.0 Å². The van der Waals surface area contributed by atoms with Crippen LogP contribution in [0.25, 0.3) is 0 Å². The zero-order valence-electron chi connectivity index (χ0n) is 16.4. The van der Waals surface area contributed by atoms with Crippen molar-refractivity contribution in [2.24, 2.45) is 0 Å². The number of rotatable bonds is 5. The molecule has 2 amide bonds. The molecule has 0 aliphatic heterocycles. The van der Waals surface area contributed by atoms with Gasteiger partial charge in [-0.2, -0.15) is 0 Å². The van der Waals surface area contributed by atoms with Gasteiger partial charge in [-0.1, -0.05) is 29.8 Å². The van der Waals surface area contributed by atoms with E-state index in [-0.39, 0.29) is 16.5 Å². The molecule has 2 N–H and O–H groups in total. The Morgan fingerprint density at radius 3 is 2.67 bits per heavy atom. The summed E-state index contributed by atoms with van der Waals surface area (Å²) >= 11 is 7.14. The van der Waals surface area contributed by atoms with E-state index in [0.717, 1.165) is 30.0 Å². The molecule has 30 heavy (non-hydrogen) atoms. The molecule has 0 saturated carbocycles. The first-order valence-electron chi connectivity index (χ1n) is 9.66. The molecule has 0 unspecified atom stereocenters. The maximum Gasteiger partial charge on any atom is 0.261 e. The van der Waals surface area contributed by atoms with Crippen LogP contribution in [0.4, 0.5) is 9.39 Å². The minimum absolute atomic E-state index is 0.0353. The third-order valence-electron chi connectivity index (χ3n) is 5.15. The van der Waals surface area contributed by atoms with Gasteiger partial charge < -0.3 is 10.6 Å². The summed E-state index contributed by atoms with van der Waals surface area (Å²) in [6, 6.07) is 11.7. The highest BCUT2D eigenvalue weighted by Gasteiger charge is 2.17. The number of thiophene rings is 1. The molecule has 4 rings (SSSR count). The number of hydrogen-bond acceptors (Lipinski definition) is 3. The van der Waals surface area contributed by atoms with Crippen LogP contribution in [0, 0.1) is 12.7 Å². The number of nitrogens with one attached hydrogen (secondary N) is 2. The molecule has 0 spiro atoms. The second-order valence-corrected chi connectivity index (χ2v) is 8.80. The molecule has 1 aliphatic carbocycles. The number of aryl methyl sites for hydroxylation is 3. The molecular weight excluding hydrogens is 423 g/mol.